The molecule has 4 heteroatoms. The molecule has 0 aliphatic heterocycles. The van der Waals surface area contributed by atoms with E-state index in [0.29, 0.717) is 17.3 Å². The third-order valence-corrected chi connectivity index (χ3v) is 4.02. The monoisotopic (exact) mass is 245 g/mol. The fourth-order valence-electron chi connectivity index (χ4n) is 2.51. The number of para-hydroxylation sites is 1. The number of anilines is 2. The first-order valence-electron chi connectivity index (χ1n) is 6.08. The normalized spacial score (nSPS) is 25.0. The predicted molar refractivity (Wildman–Crippen MR) is 72.2 cm³/mol. The minimum absolute atomic E-state index is 0.0733. The van der Waals surface area contributed by atoms with Crippen LogP contribution in [0.25, 0.3) is 0 Å². The van der Waals surface area contributed by atoms with Gasteiger partial charge in [0.05, 0.1) is 23.0 Å². The molecule has 0 aromatic heterocycles. The maximum Gasteiger partial charge on any atom is 0.101 e. The Morgan fingerprint density at radius 3 is 2.78 bits per heavy atom. The molecule has 1 aliphatic rings. The van der Waals surface area contributed by atoms with E-state index in [0.717, 1.165) is 12.1 Å². The van der Waals surface area contributed by atoms with Crippen LogP contribution in [-0.2, 0) is 4.74 Å². The SMILES string of the molecule is COC1CC(Nc2cccc(C#N)c2N)C1(C)C. The second kappa shape index (κ2) is 4.51. The molecule has 3 N–H and O–H groups in total. The summed E-state index contributed by atoms with van der Waals surface area (Å²) in [6.45, 7) is 4.35. The molecule has 1 aliphatic carbocycles. The van der Waals surface area contributed by atoms with Crippen molar-refractivity contribution < 1.29 is 4.74 Å². The van der Waals surface area contributed by atoms with Crippen molar-refractivity contribution in [2.45, 2.75) is 32.4 Å². The number of benzene rings is 1. The lowest BCUT2D eigenvalue weighted by Crippen LogP contribution is -2.57. The van der Waals surface area contributed by atoms with Crippen LogP contribution in [0.4, 0.5) is 11.4 Å². The summed E-state index contributed by atoms with van der Waals surface area (Å²) in [5.74, 6) is 0. The number of nitrogens with two attached hydrogens (primary N) is 1. The van der Waals surface area contributed by atoms with Crippen LogP contribution in [0.5, 0.6) is 0 Å². The topological polar surface area (TPSA) is 71.1 Å². The van der Waals surface area contributed by atoms with Gasteiger partial charge in [-0.05, 0) is 18.6 Å². The zero-order valence-electron chi connectivity index (χ0n) is 11.0. The van der Waals surface area contributed by atoms with Crippen LogP contribution in [0.3, 0.4) is 0 Å². The Bertz CT molecular complexity index is 490. The molecule has 4 nitrogen and oxygen atoms in total. The van der Waals surface area contributed by atoms with Gasteiger partial charge in [-0.3, -0.25) is 0 Å². The molecule has 96 valence electrons. The van der Waals surface area contributed by atoms with Crippen molar-refractivity contribution in [3.63, 3.8) is 0 Å². The van der Waals surface area contributed by atoms with Crippen molar-refractivity contribution in [1.29, 1.82) is 5.26 Å². The Morgan fingerprint density at radius 2 is 2.22 bits per heavy atom. The van der Waals surface area contributed by atoms with Gasteiger partial charge in [-0.2, -0.15) is 5.26 Å². The molecular weight excluding hydrogens is 226 g/mol. The van der Waals surface area contributed by atoms with Crippen molar-refractivity contribution in [3.8, 4) is 6.07 Å². The van der Waals surface area contributed by atoms with Gasteiger partial charge in [-0.25, -0.2) is 0 Å². The van der Waals surface area contributed by atoms with Crippen molar-refractivity contribution >= 4 is 11.4 Å². The average molecular weight is 245 g/mol. The first-order valence-corrected chi connectivity index (χ1v) is 6.08. The van der Waals surface area contributed by atoms with E-state index in [-0.39, 0.29) is 11.5 Å². The van der Waals surface area contributed by atoms with Crippen molar-refractivity contribution in [2.75, 3.05) is 18.2 Å². The fourth-order valence-corrected chi connectivity index (χ4v) is 2.51. The van der Waals surface area contributed by atoms with Gasteiger partial charge < -0.3 is 15.8 Å². The summed E-state index contributed by atoms with van der Waals surface area (Å²) >= 11 is 0. The summed E-state index contributed by atoms with van der Waals surface area (Å²) in [7, 11) is 1.74. The second-order valence-electron chi connectivity index (χ2n) is 5.36. The Labute approximate surface area is 108 Å². The number of hydrogen-bond donors (Lipinski definition) is 2. The van der Waals surface area contributed by atoms with Gasteiger partial charge in [0.25, 0.3) is 0 Å². The van der Waals surface area contributed by atoms with Gasteiger partial charge >= 0.3 is 0 Å². The number of rotatable bonds is 3. The van der Waals surface area contributed by atoms with Gasteiger partial charge in [-0.15, -0.1) is 0 Å². The maximum atomic E-state index is 8.95. The molecule has 0 heterocycles. The first-order chi connectivity index (χ1) is 8.50. The number of methoxy groups -OCH3 is 1. The lowest BCUT2D eigenvalue weighted by molar-refractivity contribution is -0.0794. The van der Waals surface area contributed by atoms with E-state index >= 15 is 0 Å². The van der Waals surface area contributed by atoms with Crippen LogP contribution >= 0.6 is 0 Å². The third-order valence-electron chi connectivity index (χ3n) is 4.02. The number of nitrogens with zero attached hydrogens (tertiary/aromatic N) is 1. The molecule has 2 unspecified atom stereocenters. The van der Waals surface area contributed by atoms with Crippen LogP contribution in [0, 0.1) is 16.7 Å². The van der Waals surface area contributed by atoms with Gasteiger partial charge in [0.2, 0.25) is 0 Å². The van der Waals surface area contributed by atoms with Gasteiger partial charge in [-0.1, -0.05) is 19.9 Å². The Balaban J connectivity index is 2.15. The molecule has 1 aromatic carbocycles. The van der Waals surface area contributed by atoms with E-state index < -0.39 is 0 Å². The molecule has 1 aromatic rings. The Kier molecular flexibility index (Phi) is 3.18. The maximum absolute atomic E-state index is 8.95. The highest BCUT2D eigenvalue weighted by Gasteiger charge is 2.48. The first kappa shape index (κ1) is 12.7. The van der Waals surface area contributed by atoms with Crippen molar-refractivity contribution in [1.82, 2.24) is 0 Å². The quantitative estimate of drug-likeness (QED) is 0.802. The second-order valence-corrected chi connectivity index (χ2v) is 5.36. The van der Waals surface area contributed by atoms with E-state index in [9.17, 15) is 0 Å². The van der Waals surface area contributed by atoms with Gasteiger partial charge in [0.15, 0.2) is 0 Å². The van der Waals surface area contributed by atoms with Crippen molar-refractivity contribution in [3.05, 3.63) is 23.8 Å². The molecule has 0 radical (unpaired) electrons. The van der Waals surface area contributed by atoms with Crippen molar-refractivity contribution in [2.24, 2.45) is 5.41 Å². The molecule has 2 atom stereocenters. The zero-order chi connectivity index (χ0) is 13.3. The molecule has 18 heavy (non-hydrogen) atoms. The lowest BCUT2D eigenvalue weighted by atomic mass is 9.64. The summed E-state index contributed by atoms with van der Waals surface area (Å²) in [5, 5.41) is 12.4. The molecular formula is C14H19N3O. The van der Waals surface area contributed by atoms with E-state index in [4.69, 9.17) is 15.7 Å². The minimum atomic E-state index is 0.0733. The highest BCUT2D eigenvalue weighted by atomic mass is 16.5. The Hall–Kier alpha value is -1.73. The van der Waals surface area contributed by atoms with Crippen LogP contribution < -0.4 is 11.1 Å². The number of ether oxygens (including phenoxy) is 1. The van der Waals surface area contributed by atoms with E-state index in [2.05, 4.69) is 25.2 Å². The molecule has 0 bridgehead atoms. The average Bonchev–Trinajstić information content (AvgIpc) is 2.35. The summed E-state index contributed by atoms with van der Waals surface area (Å²) in [6, 6.07) is 7.89. The van der Waals surface area contributed by atoms with E-state index in [1.54, 1.807) is 13.2 Å². The van der Waals surface area contributed by atoms with E-state index in [1.165, 1.54) is 0 Å². The number of nitrogen functional groups attached to an aromatic ring is 1. The zero-order valence-corrected chi connectivity index (χ0v) is 11.0. The fraction of sp³-hybridized carbons (Fsp3) is 0.500. The molecule has 2 rings (SSSR count). The predicted octanol–water partition coefficient (Wildman–Crippen LogP) is 2.37. The summed E-state index contributed by atoms with van der Waals surface area (Å²) < 4.78 is 5.42. The molecule has 0 amide bonds. The highest BCUT2D eigenvalue weighted by molar-refractivity contribution is 5.73. The molecule has 1 fully saturated rings. The summed E-state index contributed by atoms with van der Waals surface area (Å²) in [6.07, 6.45) is 1.23. The van der Waals surface area contributed by atoms with Crippen LogP contribution in [0.1, 0.15) is 25.8 Å². The largest absolute Gasteiger partial charge is 0.396 e. The van der Waals surface area contributed by atoms with Crippen LogP contribution in [0.15, 0.2) is 18.2 Å². The molecule has 0 saturated heterocycles. The number of nitriles is 1. The molecule has 0 spiro atoms. The van der Waals surface area contributed by atoms with Gasteiger partial charge in [0, 0.05) is 18.6 Å². The molecule has 1 saturated carbocycles. The highest BCUT2D eigenvalue weighted by Crippen LogP contribution is 2.44. The van der Waals surface area contributed by atoms with Crippen LogP contribution in [0.2, 0.25) is 0 Å². The lowest BCUT2D eigenvalue weighted by Gasteiger charge is -2.51. The summed E-state index contributed by atoms with van der Waals surface area (Å²) in [5.41, 5.74) is 7.91. The van der Waals surface area contributed by atoms with E-state index in [1.807, 2.05) is 12.1 Å². The Morgan fingerprint density at radius 1 is 1.50 bits per heavy atom. The van der Waals surface area contributed by atoms with Gasteiger partial charge in [0.1, 0.15) is 6.07 Å². The summed E-state index contributed by atoms with van der Waals surface area (Å²) in [4.78, 5) is 0. The minimum Gasteiger partial charge on any atom is -0.396 e. The number of hydrogen-bond acceptors (Lipinski definition) is 4. The smallest absolute Gasteiger partial charge is 0.101 e. The van der Waals surface area contributed by atoms with Crippen LogP contribution in [-0.4, -0.2) is 19.3 Å². The number of nitrogens with one attached hydrogen (secondary N) is 1. The standard InChI is InChI=1S/C14H19N3O/c1-14(2)11(7-12(14)18-3)17-10-6-4-5-9(8-15)13(10)16/h4-6,11-12,17H,7,16H2,1-3H3. The third kappa shape index (κ3) is 1.91.